The van der Waals surface area contributed by atoms with Crippen molar-refractivity contribution < 1.29 is 28.6 Å². The molecule has 0 saturated carbocycles. The van der Waals surface area contributed by atoms with Crippen molar-refractivity contribution in [1.82, 2.24) is 9.88 Å². The predicted molar refractivity (Wildman–Crippen MR) is 125 cm³/mol. The van der Waals surface area contributed by atoms with E-state index in [-0.39, 0.29) is 40.9 Å². The number of nitrogens with zero attached hydrogens (tertiary/aromatic N) is 2. The number of halogens is 1. The van der Waals surface area contributed by atoms with Gasteiger partial charge in [0.15, 0.2) is 16.7 Å². The van der Waals surface area contributed by atoms with Crippen LogP contribution >= 0.6 is 11.3 Å². The summed E-state index contributed by atoms with van der Waals surface area (Å²) in [5, 5.41) is 12.5. The van der Waals surface area contributed by atoms with E-state index < -0.39 is 17.8 Å². The molecule has 4 rings (SSSR count). The first-order chi connectivity index (χ1) is 16.3. The third kappa shape index (κ3) is 5.52. The molecular weight excluding hydrogens is 461 g/mol. The Morgan fingerprint density at radius 2 is 1.97 bits per heavy atom. The average Bonchev–Trinajstić information content (AvgIpc) is 3.18. The zero-order valence-electron chi connectivity index (χ0n) is 18.7. The smallest absolute Gasteiger partial charge is 0.257 e. The number of likely N-dealkylation sites (tertiary alicyclic amines) is 1. The number of aromatic nitrogens is 1. The lowest BCUT2D eigenvalue weighted by Gasteiger charge is -2.30. The van der Waals surface area contributed by atoms with Gasteiger partial charge < -0.3 is 19.5 Å². The van der Waals surface area contributed by atoms with Crippen molar-refractivity contribution in [2.45, 2.75) is 26.4 Å². The van der Waals surface area contributed by atoms with Gasteiger partial charge in [-0.05, 0) is 50.6 Å². The van der Waals surface area contributed by atoms with Gasteiger partial charge in [0.1, 0.15) is 17.6 Å². The maximum atomic E-state index is 14.7. The first-order valence-corrected chi connectivity index (χ1v) is 11.6. The molecule has 34 heavy (non-hydrogen) atoms. The van der Waals surface area contributed by atoms with Gasteiger partial charge in [0.2, 0.25) is 0 Å². The number of rotatable bonds is 8. The Bertz CT molecular complexity index is 1210. The average molecular weight is 486 g/mol. The molecule has 3 aromatic rings. The van der Waals surface area contributed by atoms with Gasteiger partial charge in [-0.25, -0.2) is 9.37 Å². The zero-order valence-corrected chi connectivity index (χ0v) is 19.5. The third-order valence-electron chi connectivity index (χ3n) is 5.13. The van der Waals surface area contributed by atoms with Gasteiger partial charge in [-0.3, -0.25) is 14.9 Å². The molecule has 8 nitrogen and oxygen atoms in total. The van der Waals surface area contributed by atoms with Crippen LogP contribution in [0.4, 0.5) is 9.52 Å². The van der Waals surface area contributed by atoms with Crippen LogP contribution in [0.5, 0.6) is 17.2 Å². The van der Waals surface area contributed by atoms with Crippen molar-refractivity contribution in [1.29, 1.82) is 0 Å². The number of hydrogen-bond acceptors (Lipinski definition) is 7. The number of anilines is 1. The van der Waals surface area contributed by atoms with Gasteiger partial charge in [0, 0.05) is 41.4 Å². The maximum absolute atomic E-state index is 14.7. The molecule has 1 atom stereocenters. The summed E-state index contributed by atoms with van der Waals surface area (Å²) in [5.41, 5.74) is 0.452. The van der Waals surface area contributed by atoms with E-state index in [0.717, 1.165) is 17.4 Å². The molecule has 2 N–H and O–H groups in total. The van der Waals surface area contributed by atoms with E-state index in [1.54, 1.807) is 18.0 Å². The quantitative estimate of drug-likeness (QED) is 0.495. The molecule has 1 aromatic heterocycles. The number of aliphatic hydroxyl groups excluding tert-OH is 1. The monoisotopic (exact) mass is 485 g/mol. The molecule has 1 unspecified atom stereocenters. The predicted octanol–water partition coefficient (Wildman–Crippen LogP) is 4.24. The third-order valence-corrected chi connectivity index (χ3v) is 5.96. The van der Waals surface area contributed by atoms with Crippen LogP contribution < -0.4 is 14.8 Å². The molecule has 178 valence electrons. The number of ether oxygens (including phenoxy) is 2. The van der Waals surface area contributed by atoms with Gasteiger partial charge >= 0.3 is 0 Å². The van der Waals surface area contributed by atoms with Crippen LogP contribution in [-0.4, -0.2) is 52.6 Å². The van der Waals surface area contributed by atoms with Crippen molar-refractivity contribution in [3.8, 4) is 17.2 Å². The topological polar surface area (TPSA) is 101 Å². The molecule has 2 aromatic carbocycles. The van der Waals surface area contributed by atoms with Gasteiger partial charge in [-0.1, -0.05) is 0 Å². The fourth-order valence-electron chi connectivity index (χ4n) is 3.23. The van der Waals surface area contributed by atoms with Crippen LogP contribution in [0.15, 0.2) is 42.6 Å². The summed E-state index contributed by atoms with van der Waals surface area (Å²) in [6, 6.07) is 8.47. The number of benzene rings is 2. The summed E-state index contributed by atoms with van der Waals surface area (Å²) in [6.07, 6.45) is 2.06. The molecule has 0 aliphatic carbocycles. The molecule has 2 heterocycles. The van der Waals surface area contributed by atoms with Gasteiger partial charge in [0.05, 0.1) is 6.61 Å². The van der Waals surface area contributed by atoms with E-state index >= 15 is 0 Å². The van der Waals surface area contributed by atoms with E-state index in [4.69, 9.17) is 9.47 Å². The molecule has 0 radical (unpaired) electrons. The fraction of sp³-hybridized carbons (Fsp3) is 0.292. The number of hydrogen-bond donors (Lipinski definition) is 2. The van der Waals surface area contributed by atoms with E-state index in [1.807, 2.05) is 6.92 Å². The molecule has 1 fully saturated rings. The second kappa shape index (κ2) is 10.2. The standard InChI is InChI=1S/C24H24FN3O5S/c1-14(13-29)32-18-8-17(22(30)27-24-26-12-15(2)34-24)9-19(11-18)33-21-5-4-16(10-20(21)25)23(31)28-6-3-7-28/h4-5,8-12,14,29H,3,6-7,13H2,1-2H3,(H,26,27,30). The highest BCUT2D eigenvalue weighted by Crippen LogP contribution is 2.31. The van der Waals surface area contributed by atoms with Crippen molar-refractivity contribution in [2.24, 2.45) is 0 Å². The highest BCUT2D eigenvalue weighted by Gasteiger charge is 2.23. The summed E-state index contributed by atoms with van der Waals surface area (Å²) in [5.74, 6) is -1.05. The van der Waals surface area contributed by atoms with Gasteiger partial charge in [-0.2, -0.15) is 0 Å². The van der Waals surface area contributed by atoms with Crippen LogP contribution in [0, 0.1) is 12.7 Å². The fourth-order valence-corrected chi connectivity index (χ4v) is 3.89. The van der Waals surface area contributed by atoms with Crippen molar-refractivity contribution in [3.05, 3.63) is 64.4 Å². The second-order valence-corrected chi connectivity index (χ2v) is 9.16. The van der Waals surface area contributed by atoms with E-state index in [9.17, 15) is 19.1 Å². The molecule has 0 bridgehead atoms. The van der Waals surface area contributed by atoms with Crippen LogP contribution in [-0.2, 0) is 0 Å². The summed E-state index contributed by atoms with van der Waals surface area (Å²) in [6.45, 7) is 4.65. The van der Waals surface area contributed by atoms with Gasteiger partial charge in [-0.15, -0.1) is 11.3 Å². The maximum Gasteiger partial charge on any atom is 0.257 e. The number of carbonyl (C=O) groups excluding carboxylic acids is 2. The van der Waals surface area contributed by atoms with Crippen molar-refractivity contribution >= 4 is 28.3 Å². The Hall–Kier alpha value is -3.50. The highest BCUT2D eigenvalue weighted by atomic mass is 32.1. The Morgan fingerprint density at radius 3 is 2.59 bits per heavy atom. The molecular formula is C24H24FN3O5S. The Labute approximate surface area is 200 Å². The lowest BCUT2D eigenvalue weighted by molar-refractivity contribution is 0.0651. The Morgan fingerprint density at radius 1 is 1.21 bits per heavy atom. The first-order valence-electron chi connectivity index (χ1n) is 10.8. The SMILES string of the molecule is Cc1cnc(NC(=O)c2cc(Oc3ccc(C(=O)N4CCC4)cc3F)cc(OC(C)CO)c2)s1. The molecule has 1 saturated heterocycles. The van der Waals surface area contributed by atoms with Crippen molar-refractivity contribution in [3.63, 3.8) is 0 Å². The second-order valence-electron chi connectivity index (χ2n) is 7.93. The summed E-state index contributed by atoms with van der Waals surface area (Å²) < 4.78 is 26.1. The number of aliphatic hydroxyl groups is 1. The number of carbonyl (C=O) groups is 2. The molecule has 2 amide bonds. The summed E-state index contributed by atoms with van der Waals surface area (Å²) in [7, 11) is 0. The van der Waals surface area contributed by atoms with E-state index in [0.29, 0.717) is 18.2 Å². The van der Waals surface area contributed by atoms with Gasteiger partial charge in [0.25, 0.3) is 11.8 Å². The first kappa shape index (κ1) is 23.7. The van der Waals surface area contributed by atoms with Crippen LogP contribution in [0.25, 0.3) is 0 Å². The number of aryl methyl sites for hydroxylation is 1. The highest BCUT2D eigenvalue weighted by molar-refractivity contribution is 7.15. The largest absolute Gasteiger partial charge is 0.488 e. The summed E-state index contributed by atoms with van der Waals surface area (Å²) >= 11 is 1.33. The normalized spacial score (nSPS) is 13.7. The minimum atomic E-state index is -0.703. The molecule has 1 aliphatic heterocycles. The van der Waals surface area contributed by atoms with Crippen molar-refractivity contribution in [2.75, 3.05) is 25.0 Å². The lowest BCUT2D eigenvalue weighted by Crippen LogP contribution is -2.42. The van der Waals surface area contributed by atoms with Crippen LogP contribution in [0.2, 0.25) is 0 Å². The Balaban J connectivity index is 1.58. The minimum Gasteiger partial charge on any atom is -0.488 e. The summed E-state index contributed by atoms with van der Waals surface area (Å²) in [4.78, 5) is 31.8. The van der Waals surface area contributed by atoms with Crippen LogP contribution in [0.1, 0.15) is 38.9 Å². The van der Waals surface area contributed by atoms with E-state index in [1.165, 1.54) is 41.7 Å². The van der Waals surface area contributed by atoms with E-state index in [2.05, 4.69) is 10.3 Å². The molecule has 1 aliphatic rings. The minimum absolute atomic E-state index is 0.102. The number of thiazole rings is 1. The molecule has 10 heteroatoms. The van der Waals surface area contributed by atoms with Crippen LogP contribution in [0.3, 0.4) is 0 Å². The molecule has 0 spiro atoms. The zero-order chi connectivity index (χ0) is 24.2. The Kier molecular flexibility index (Phi) is 7.09. The lowest BCUT2D eigenvalue weighted by atomic mass is 10.1. The number of amides is 2. The number of nitrogens with one attached hydrogen (secondary N) is 1.